The Kier molecular flexibility index (Phi) is 10.2. The number of benzene rings is 2. The largest absolute Gasteiger partial charge is 0.481 e. The van der Waals surface area contributed by atoms with Gasteiger partial charge in [-0.1, -0.05) is 32.4 Å². The van der Waals surface area contributed by atoms with Crippen LogP contribution in [0.4, 0.5) is 33.6 Å². The average molecular weight is 704 g/mol. The first-order valence-electron chi connectivity index (χ1n) is 13.6. The van der Waals surface area contributed by atoms with Crippen LogP contribution in [-0.2, 0) is 26.4 Å². The van der Waals surface area contributed by atoms with Crippen LogP contribution >= 0.6 is 22.9 Å². The molecule has 9 nitrogen and oxygen atoms in total. The van der Waals surface area contributed by atoms with Gasteiger partial charge in [-0.05, 0) is 49.2 Å². The average Bonchev–Trinajstić information content (AvgIpc) is 3.40. The fraction of sp³-hybridized carbons (Fsp3) is 0.310. The molecule has 0 saturated heterocycles. The first-order valence-corrected chi connectivity index (χ1v) is 16.2. The van der Waals surface area contributed by atoms with Gasteiger partial charge in [-0.3, -0.25) is 9.52 Å². The van der Waals surface area contributed by atoms with E-state index >= 15 is 4.39 Å². The van der Waals surface area contributed by atoms with Gasteiger partial charge in [0.05, 0.1) is 32.5 Å². The summed E-state index contributed by atoms with van der Waals surface area (Å²) < 4.78 is 98.8. The summed E-state index contributed by atoms with van der Waals surface area (Å²) in [5.41, 5.74) is -2.88. The Bertz CT molecular complexity index is 1880. The molecular formula is C29H27ClF5N5O4S2. The molecule has 0 fully saturated rings. The van der Waals surface area contributed by atoms with E-state index in [-0.39, 0.29) is 40.8 Å². The number of nitrogens with zero attached hydrogens (tertiary/aromatic N) is 3. The summed E-state index contributed by atoms with van der Waals surface area (Å²) in [6.07, 6.45) is -2.72. The monoisotopic (exact) mass is 703 g/mol. The number of anilines is 2. The van der Waals surface area contributed by atoms with Gasteiger partial charge in [0.15, 0.2) is 5.82 Å². The maximum absolute atomic E-state index is 16.2. The summed E-state index contributed by atoms with van der Waals surface area (Å²) in [5.74, 6) is -3.15. The Morgan fingerprint density at radius 1 is 1.04 bits per heavy atom. The van der Waals surface area contributed by atoms with E-state index in [2.05, 4.69) is 20.3 Å². The number of hydrogen-bond acceptors (Lipinski definition) is 8. The van der Waals surface area contributed by atoms with Crippen LogP contribution in [0, 0.1) is 11.6 Å². The van der Waals surface area contributed by atoms with Crippen molar-refractivity contribution < 1.29 is 40.3 Å². The summed E-state index contributed by atoms with van der Waals surface area (Å²) in [6, 6.07) is 4.54. The van der Waals surface area contributed by atoms with E-state index in [0.717, 1.165) is 6.07 Å². The number of rotatable bonds is 11. The zero-order valence-corrected chi connectivity index (χ0v) is 26.9. The Morgan fingerprint density at radius 3 is 2.41 bits per heavy atom. The third-order valence-electron chi connectivity index (χ3n) is 6.33. The van der Waals surface area contributed by atoms with Gasteiger partial charge in [0, 0.05) is 35.2 Å². The van der Waals surface area contributed by atoms with Crippen molar-refractivity contribution in [3.8, 4) is 21.8 Å². The zero-order valence-electron chi connectivity index (χ0n) is 24.5. The highest BCUT2D eigenvalue weighted by molar-refractivity contribution is 7.92. The molecular weight excluding hydrogens is 677 g/mol. The maximum atomic E-state index is 16.2. The number of carboxylic acids is 1. The van der Waals surface area contributed by atoms with Gasteiger partial charge in [0.1, 0.15) is 10.7 Å². The summed E-state index contributed by atoms with van der Waals surface area (Å²) in [4.78, 5) is 23.0. The van der Waals surface area contributed by atoms with E-state index in [0.29, 0.717) is 41.0 Å². The minimum Gasteiger partial charge on any atom is -0.481 e. The quantitative estimate of drug-likeness (QED) is 0.106. The van der Waals surface area contributed by atoms with E-state index in [1.165, 1.54) is 23.6 Å². The Morgan fingerprint density at radius 2 is 1.76 bits per heavy atom. The van der Waals surface area contributed by atoms with E-state index in [9.17, 15) is 30.8 Å². The van der Waals surface area contributed by atoms with Crippen molar-refractivity contribution in [1.29, 1.82) is 0 Å². The summed E-state index contributed by atoms with van der Waals surface area (Å²) in [7, 11) is -5.18. The van der Waals surface area contributed by atoms with E-state index in [4.69, 9.17) is 16.7 Å². The highest BCUT2D eigenvalue weighted by atomic mass is 35.5. The van der Waals surface area contributed by atoms with Crippen LogP contribution in [0.2, 0.25) is 5.02 Å². The van der Waals surface area contributed by atoms with Gasteiger partial charge in [-0.15, -0.1) is 11.3 Å². The van der Waals surface area contributed by atoms with Crippen molar-refractivity contribution in [1.82, 2.24) is 15.0 Å². The van der Waals surface area contributed by atoms with E-state index in [1.807, 2.05) is 20.8 Å². The predicted octanol–water partition coefficient (Wildman–Crippen LogP) is 7.98. The van der Waals surface area contributed by atoms with Gasteiger partial charge in [0.25, 0.3) is 10.0 Å². The Balaban J connectivity index is 1.78. The Hall–Kier alpha value is -3.89. The van der Waals surface area contributed by atoms with Crippen LogP contribution in [-0.4, -0.2) is 41.0 Å². The molecule has 2 aromatic heterocycles. The fourth-order valence-corrected chi connectivity index (χ4v) is 6.77. The van der Waals surface area contributed by atoms with Crippen molar-refractivity contribution in [3.05, 3.63) is 69.8 Å². The normalized spacial score (nSPS) is 12.3. The number of thiazole rings is 1. The van der Waals surface area contributed by atoms with Crippen molar-refractivity contribution in [2.45, 2.75) is 56.5 Å². The fourth-order valence-electron chi connectivity index (χ4n) is 4.16. The SMILES string of the molecule is CC(C)(C)c1nc(-c2cc(Cl)cc(NS(=O)(=O)c3cc(F)ccc3C(F)(F)F)c2F)c(-c2ccnc(NCCCCC(=O)O)n2)s1. The Labute approximate surface area is 269 Å². The van der Waals surface area contributed by atoms with Gasteiger partial charge >= 0.3 is 12.1 Å². The minimum atomic E-state index is -5.18. The second-order valence-corrected chi connectivity index (χ2v) is 14.1. The van der Waals surface area contributed by atoms with Crippen molar-refractivity contribution in [2.24, 2.45) is 0 Å². The van der Waals surface area contributed by atoms with Gasteiger partial charge in [0.2, 0.25) is 5.95 Å². The summed E-state index contributed by atoms with van der Waals surface area (Å²) in [6.45, 7) is 5.99. The molecule has 4 rings (SSSR count). The number of carboxylic acid groups (broad SMARTS) is 1. The molecule has 46 heavy (non-hydrogen) atoms. The molecule has 4 aromatic rings. The van der Waals surface area contributed by atoms with Crippen LogP contribution in [0.3, 0.4) is 0 Å². The molecule has 0 aliphatic heterocycles. The second-order valence-electron chi connectivity index (χ2n) is 11.0. The zero-order chi connectivity index (χ0) is 34.0. The second kappa shape index (κ2) is 13.5. The maximum Gasteiger partial charge on any atom is 0.417 e. The van der Waals surface area contributed by atoms with Gasteiger partial charge in [-0.25, -0.2) is 32.2 Å². The van der Waals surface area contributed by atoms with Gasteiger partial charge in [-0.2, -0.15) is 13.2 Å². The molecule has 0 atom stereocenters. The van der Waals surface area contributed by atoms with Crippen molar-refractivity contribution in [2.75, 3.05) is 16.6 Å². The number of aliphatic carboxylic acids is 1. The summed E-state index contributed by atoms with van der Waals surface area (Å²) in [5, 5.41) is 12.2. The lowest BCUT2D eigenvalue weighted by molar-refractivity contribution is -0.140. The summed E-state index contributed by atoms with van der Waals surface area (Å²) >= 11 is 7.45. The standard InChI is InChI=1S/C29H27ClF5N5O4S2/c1-28(2,3)26-39-24(25(45-26)19-9-11-37-27(38-19)36-10-5-4-6-22(41)42)17-12-15(30)13-20(23(17)32)40-46(43,44)21-14-16(31)7-8-18(21)29(33,34)35/h7-9,11-14,40H,4-6,10H2,1-3H3,(H,41,42)(H,36,37,38). The molecule has 0 amide bonds. The first-order chi connectivity index (χ1) is 21.4. The van der Waals surface area contributed by atoms with Crippen LogP contribution in [0.25, 0.3) is 21.8 Å². The van der Waals surface area contributed by atoms with E-state index < -0.39 is 55.4 Å². The minimum absolute atomic E-state index is 0.0114. The molecule has 17 heteroatoms. The smallest absolute Gasteiger partial charge is 0.417 e. The highest BCUT2D eigenvalue weighted by Gasteiger charge is 2.38. The lowest BCUT2D eigenvalue weighted by Crippen LogP contribution is -2.20. The van der Waals surface area contributed by atoms with Crippen LogP contribution in [0.1, 0.15) is 50.6 Å². The highest BCUT2D eigenvalue weighted by Crippen LogP contribution is 2.43. The van der Waals surface area contributed by atoms with Crippen LogP contribution < -0.4 is 10.0 Å². The lowest BCUT2D eigenvalue weighted by atomic mass is 9.98. The molecule has 0 bridgehead atoms. The van der Waals surface area contributed by atoms with Crippen LogP contribution in [0.5, 0.6) is 0 Å². The van der Waals surface area contributed by atoms with Crippen molar-refractivity contribution >= 4 is 50.6 Å². The first kappa shape index (κ1) is 35.0. The van der Waals surface area contributed by atoms with Crippen molar-refractivity contribution in [3.63, 3.8) is 0 Å². The number of carbonyl (C=O) groups is 1. The number of aromatic nitrogens is 3. The molecule has 246 valence electrons. The third-order valence-corrected chi connectivity index (χ3v) is 9.46. The number of alkyl halides is 3. The molecule has 0 spiro atoms. The number of nitrogens with one attached hydrogen (secondary N) is 2. The lowest BCUT2D eigenvalue weighted by Gasteiger charge is -2.16. The number of halogens is 6. The van der Waals surface area contributed by atoms with E-state index in [1.54, 1.807) is 10.8 Å². The number of hydrogen-bond donors (Lipinski definition) is 3. The molecule has 2 aromatic carbocycles. The molecule has 2 heterocycles. The molecule has 0 radical (unpaired) electrons. The third kappa shape index (κ3) is 8.27. The molecule has 0 saturated carbocycles. The van der Waals surface area contributed by atoms with Gasteiger partial charge < -0.3 is 10.4 Å². The number of unbranched alkanes of at least 4 members (excludes halogenated alkanes) is 1. The molecule has 3 N–H and O–H groups in total. The topological polar surface area (TPSA) is 134 Å². The number of sulfonamides is 1. The molecule has 0 aliphatic rings. The predicted molar refractivity (Wildman–Crippen MR) is 164 cm³/mol. The molecule has 0 aliphatic carbocycles. The molecule has 0 unspecified atom stereocenters. The van der Waals surface area contributed by atoms with Crippen LogP contribution in [0.15, 0.2) is 47.5 Å².